The normalized spacial score (nSPS) is 13.9. The molecule has 1 saturated heterocycles. The lowest BCUT2D eigenvalue weighted by atomic mass is 10.0. The monoisotopic (exact) mass is 553 g/mol. The highest BCUT2D eigenvalue weighted by molar-refractivity contribution is 7.86. The maximum absolute atomic E-state index is 13.3. The molecule has 0 spiro atoms. The molecular formula is C32H31N3O4S. The third-order valence-corrected chi connectivity index (χ3v) is 7.99. The quantitative estimate of drug-likeness (QED) is 0.295. The molecule has 0 bridgehead atoms. The highest BCUT2D eigenvalue weighted by Gasteiger charge is 2.19. The van der Waals surface area contributed by atoms with E-state index in [9.17, 15) is 13.8 Å². The first kappa shape index (κ1) is 27.4. The molecule has 4 aromatic rings. The number of aromatic nitrogens is 1. The molecule has 1 amide bonds. The number of ketones is 1. The second-order valence-corrected chi connectivity index (χ2v) is 10.8. The number of anilines is 1. The fourth-order valence-electron chi connectivity index (χ4n) is 4.61. The van der Waals surface area contributed by atoms with Gasteiger partial charge in [-0.1, -0.05) is 48.5 Å². The van der Waals surface area contributed by atoms with Gasteiger partial charge in [0, 0.05) is 49.6 Å². The zero-order valence-electron chi connectivity index (χ0n) is 22.1. The number of pyridine rings is 1. The smallest absolute Gasteiger partial charge is 0.254 e. The number of nitrogens with one attached hydrogen (secondary N) is 1. The molecule has 1 atom stereocenters. The van der Waals surface area contributed by atoms with Crippen molar-refractivity contribution in [3.63, 3.8) is 0 Å². The minimum atomic E-state index is -1.52. The minimum Gasteiger partial charge on any atom is -0.378 e. The summed E-state index contributed by atoms with van der Waals surface area (Å²) in [6.45, 7) is 2.31. The van der Waals surface area contributed by atoms with Crippen LogP contribution in [0.15, 0.2) is 102 Å². The van der Waals surface area contributed by atoms with Gasteiger partial charge >= 0.3 is 0 Å². The van der Waals surface area contributed by atoms with Gasteiger partial charge in [0.1, 0.15) is 5.78 Å². The van der Waals surface area contributed by atoms with Gasteiger partial charge in [-0.2, -0.15) is 0 Å². The molecule has 1 unspecified atom stereocenters. The lowest BCUT2D eigenvalue weighted by Gasteiger charge is -2.26. The molecule has 3 aromatic carbocycles. The number of amides is 1. The summed E-state index contributed by atoms with van der Waals surface area (Å²) in [5.74, 6) is 0.159. The Bertz CT molecular complexity index is 1470. The van der Waals surface area contributed by atoms with Crippen LogP contribution in [-0.4, -0.2) is 52.1 Å². The van der Waals surface area contributed by atoms with E-state index in [0.717, 1.165) is 22.3 Å². The van der Waals surface area contributed by atoms with Gasteiger partial charge in [-0.3, -0.25) is 14.6 Å². The summed E-state index contributed by atoms with van der Waals surface area (Å²) in [7, 11) is -1.52. The number of Topliss-reactive ketones (excluding diaryl/α,β-unsaturated/α-hetero) is 1. The fourth-order valence-corrected chi connectivity index (χ4v) is 5.65. The van der Waals surface area contributed by atoms with E-state index >= 15 is 0 Å². The first-order valence-corrected chi connectivity index (χ1v) is 14.5. The molecule has 40 heavy (non-hydrogen) atoms. The molecule has 5 rings (SSSR count). The number of ether oxygens (including phenoxy) is 1. The molecule has 2 heterocycles. The Morgan fingerprint density at radius 3 is 2.35 bits per heavy atom. The van der Waals surface area contributed by atoms with Gasteiger partial charge in [-0.25, -0.2) is 4.21 Å². The second-order valence-electron chi connectivity index (χ2n) is 9.62. The highest BCUT2D eigenvalue weighted by Crippen LogP contribution is 2.28. The van der Waals surface area contributed by atoms with Crippen molar-refractivity contribution in [2.24, 2.45) is 0 Å². The van der Waals surface area contributed by atoms with E-state index in [1.807, 2.05) is 84.9 Å². The van der Waals surface area contributed by atoms with Crippen LogP contribution in [0.1, 0.15) is 27.9 Å². The van der Waals surface area contributed by atoms with Crippen molar-refractivity contribution in [1.29, 1.82) is 0 Å². The van der Waals surface area contributed by atoms with Crippen molar-refractivity contribution in [2.75, 3.05) is 31.0 Å². The summed E-state index contributed by atoms with van der Waals surface area (Å²) >= 11 is 0. The number of nitrogens with zero attached hydrogens (tertiary/aromatic N) is 2. The van der Waals surface area contributed by atoms with Crippen molar-refractivity contribution in [3.8, 4) is 11.1 Å². The zero-order valence-corrected chi connectivity index (χ0v) is 22.9. The van der Waals surface area contributed by atoms with Crippen molar-refractivity contribution < 1.29 is 18.5 Å². The summed E-state index contributed by atoms with van der Waals surface area (Å²) in [5.41, 5.74) is 5.00. The zero-order chi connectivity index (χ0) is 27.7. The van der Waals surface area contributed by atoms with E-state index in [4.69, 9.17) is 4.74 Å². The van der Waals surface area contributed by atoms with Crippen LogP contribution >= 0.6 is 0 Å². The second kappa shape index (κ2) is 13.3. The maximum Gasteiger partial charge on any atom is 0.254 e. The minimum absolute atomic E-state index is 0.00739. The van der Waals surface area contributed by atoms with Crippen LogP contribution in [0.2, 0.25) is 0 Å². The fraction of sp³-hybridized carbons (Fsp3) is 0.219. The van der Waals surface area contributed by atoms with Gasteiger partial charge < -0.3 is 14.4 Å². The summed E-state index contributed by atoms with van der Waals surface area (Å²) < 4.78 is 21.8. The Morgan fingerprint density at radius 1 is 0.875 bits per heavy atom. The van der Waals surface area contributed by atoms with Gasteiger partial charge in [0.05, 0.1) is 18.1 Å². The van der Waals surface area contributed by atoms with E-state index in [1.54, 1.807) is 17.3 Å². The van der Waals surface area contributed by atoms with Crippen LogP contribution in [0.4, 0.5) is 5.69 Å². The van der Waals surface area contributed by atoms with Gasteiger partial charge in [-0.15, -0.1) is 0 Å². The standard InChI is InChI=1S/C32H31N3O4S/c36-29(16-9-25-4-3-17-33-23-25)22-24-7-14-28(15-8-24)34-40(38)31-6-2-1-5-30(31)26-10-12-27(13-11-26)32(37)35-18-20-39-21-19-35/h1-8,10-15,17,23,34H,9,16,18-22H2. The van der Waals surface area contributed by atoms with Crippen molar-refractivity contribution in [2.45, 2.75) is 24.2 Å². The maximum atomic E-state index is 13.3. The van der Waals surface area contributed by atoms with Crippen LogP contribution in [0.25, 0.3) is 11.1 Å². The van der Waals surface area contributed by atoms with Crippen LogP contribution in [0, 0.1) is 0 Å². The molecule has 7 nitrogen and oxygen atoms in total. The summed E-state index contributed by atoms with van der Waals surface area (Å²) in [5, 5.41) is 0. The van der Waals surface area contributed by atoms with Crippen LogP contribution in [0.3, 0.4) is 0 Å². The number of benzene rings is 3. The number of carbonyl (C=O) groups is 2. The SMILES string of the molecule is O=C(CCc1cccnc1)Cc1ccc(NS(=O)c2ccccc2-c2ccc(C(=O)N3CCOCC3)cc2)cc1. The third-order valence-electron chi connectivity index (χ3n) is 6.81. The molecule has 1 aliphatic heterocycles. The average Bonchev–Trinajstić information content (AvgIpc) is 3.01. The Balaban J connectivity index is 1.20. The van der Waals surface area contributed by atoms with Crippen LogP contribution in [0.5, 0.6) is 0 Å². The van der Waals surface area contributed by atoms with Gasteiger partial charge in [0.15, 0.2) is 11.0 Å². The average molecular weight is 554 g/mol. The van der Waals surface area contributed by atoms with E-state index < -0.39 is 11.0 Å². The Hall–Kier alpha value is -4.14. The number of hydrogen-bond acceptors (Lipinski definition) is 5. The first-order chi connectivity index (χ1) is 19.6. The van der Waals surface area contributed by atoms with E-state index in [2.05, 4.69) is 9.71 Å². The predicted molar refractivity (Wildman–Crippen MR) is 156 cm³/mol. The Kier molecular flexibility index (Phi) is 9.11. The number of morpholine rings is 1. The highest BCUT2D eigenvalue weighted by atomic mass is 32.2. The summed E-state index contributed by atoms with van der Waals surface area (Å²) in [6, 6.07) is 26.2. The molecular weight excluding hydrogens is 522 g/mol. The lowest BCUT2D eigenvalue weighted by Crippen LogP contribution is -2.40. The molecule has 0 aliphatic carbocycles. The van der Waals surface area contributed by atoms with Crippen molar-refractivity contribution in [3.05, 3.63) is 114 Å². The van der Waals surface area contributed by atoms with E-state index in [1.165, 1.54) is 0 Å². The largest absolute Gasteiger partial charge is 0.378 e. The molecule has 1 N–H and O–H groups in total. The number of hydrogen-bond donors (Lipinski definition) is 1. The predicted octanol–water partition coefficient (Wildman–Crippen LogP) is 5.10. The molecule has 204 valence electrons. The molecule has 1 aromatic heterocycles. The van der Waals surface area contributed by atoms with Crippen LogP contribution in [-0.2, 0) is 33.4 Å². The molecule has 1 aliphatic rings. The number of carbonyl (C=O) groups excluding carboxylic acids is 2. The summed E-state index contributed by atoms with van der Waals surface area (Å²) in [4.78, 5) is 31.8. The molecule has 1 fully saturated rings. The van der Waals surface area contributed by atoms with E-state index in [0.29, 0.717) is 61.7 Å². The van der Waals surface area contributed by atoms with Gasteiger partial charge in [0.25, 0.3) is 5.91 Å². The summed E-state index contributed by atoms with van der Waals surface area (Å²) in [6.07, 6.45) is 5.01. The first-order valence-electron chi connectivity index (χ1n) is 13.3. The van der Waals surface area contributed by atoms with Gasteiger partial charge in [0.2, 0.25) is 0 Å². The van der Waals surface area contributed by atoms with Crippen LogP contribution < -0.4 is 4.72 Å². The molecule has 0 radical (unpaired) electrons. The molecule has 8 heteroatoms. The lowest BCUT2D eigenvalue weighted by molar-refractivity contribution is -0.118. The van der Waals surface area contributed by atoms with Crippen molar-refractivity contribution >= 4 is 28.4 Å². The van der Waals surface area contributed by atoms with Gasteiger partial charge in [-0.05, 0) is 65.1 Å². The third kappa shape index (κ3) is 7.08. The van der Waals surface area contributed by atoms with Crippen molar-refractivity contribution in [1.82, 2.24) is 9.88 Å². The van der Waals surface area contributed by atoms with E-state index in [-0.39, 0.29) is 11.7 Å². The Morgan fingerprint density at radius 2 is 1.62 bits per heavy atom. The number of aryl methyl sites for hydroxylation is 1. The molecule has 0 saturated carbocycles. The number of rotatable bonds is 10. The Labute approximate surface area is 236 Å². The topological polar surface area (TPSA) is 88.6 Å².